The zero-order chi connectivity index (χ0) is 9.26. The maximum absolute atomic E-state index is 5.85. The van der Waals surface area contributed by atoms with Gasteiger partial charge in [0.1, 0.15) is 0 Å². The molecule has 13 heavy (non-hydrogen) atoms. The fourth-order valence-electron chi connectivity index (χ4n) is 1.40. The van der Waals surface area contributed by atoms with Crippen LogP contribution in [0.4, 0.5) is 5.69 Å². The van der Waals surface area contributed by atoms with E-state index in [1.165, 1.54) is 11.1 Å². The third-order valence-corrected chi connectivity index (χ3v) is 2.89. The Balaban J connectivity index is 2.59. The van der Waals surface area contributed by atoms with E-state index >= 15 is 0 Å². The van der Waals surface area contributed by atoms with Gasteiger partial charge in [-0.1, -0.05) is 24.3 Å². The van der Waals surface area contributed by atoms with Crippen LogP contribution in [0, 0.1) is 6.92 Å². The number of anilines is 1. The third-order valence-electron chi connectivity index (χ3n) is 2.13. The molecule has 0 saturated carbocycles. The van der Waals surface area contributed by atoms with Gasteiger partial charge in [-0.15, -0.1) is 11.3 Å². The molecule has 0 radical (unpaired) electrons. The molecule has 2 aromatic rings. The summed E-state index contributed by atoms with van der Waals surface area (Å²) in [5, 5.41) is 4.07. The van der Waals surface area contributed by atoms with Gasteiger partial charge in [0.25, 0.3) is 0 Å². The molecular weight excluding hydrogens is 178 g/mol. The minimum Gasteiger partial charge on any atom is -0.398 e. The van der Waals surface area contributed by atoms with Gasteiger partial charge in [0, 0.05) is 16.3 Å². The quantitative estimate of drug-likeness (QED) is 0.731. The van der Waals surface area contributed by atoms with Gasteiger partial charge in [0.2, 0.25) is 0 Å². The van der Waals surface area contributed by atoms with Crippen LogP contribution in [0.2, 0.25) is 0 Å². The highest BCUT2D eigenvalue weighted by Crippen LogP contribution is 2.31. The van der Waals surface area contributed by atoms with Crippen molar-refractivity contribution in [2.24, 2.45) is 0 Å². The monoisotopic (exact) mass is 189 g/mol. The molecule has 0 aliphatic rings. The molecular formula is C11H11NS. The zero-order valence-electron chi connectivity index (χ0n) is 7.45. The number of nitrogens with two attached hydrogens (primary N) is 1. The van der Waals surface area contributed by atoms with Crippen LogP contribution in [-0.2, 0) is 0 Å². The first-order valence-electron chi connectivity index (χ1n) is 4.16. The van der Waals surface area contributed by atoms with Crippen molar-refractivity contribution < 1.29 is 0 Å². The number of aryl methyl sites for hydroxylation is 1. The van der Waals surface area contributed by atoms with Gasteiger partial charge in [-0.05, 0) is 18.1 Å². The van der Waals surface area contributed by atoms with E-state index in [4.69, 9.17) is 5.73 Å². The Bertz CT molecular complexity index is 418. The fraction of sp³-hybridized carbons (Fsp3) is 0.0909. The minimum atomic E-state index is 0.874. The summed E-state index contributed by atoms with van der Waals surface area (Å²) in [4.78, 5) is 0. The predicted molar refractivity (Wildman–Crippen MR) is 58.9 cm³/mol. The smallest absolute Gasteiger partial charge is 0.0502 e. The first-order chi connectivity index (χ1) is 6.29. The lowest BCUT2D eigenvalue weighted by molar-refractivity contribution is 1.47. The van der Waals surface area contributed by atoms with Crippen molar-refractivity contribution in [1.29, 1.82) is 0 Å². The molecule has 0 bridgehead atoms. The van der Waals surface area contributed by atoms with Crippen LogP contribution in [0.15, 0.2) is 35.0 Å². The molecule has 0 spiro atoms. The van der Waals surface area contributed by atoms with Gasteiger partial charge in [-0.25, -0.2) is 0 Å². The van der Waals surface area contributed by atoms with Crippen molar-refractivity contribution in [2.75, 3.05) is 5.73 Å². The Labute approximate surface area is 81.8 Å². The number of hydrogen-bond donors (Lipinski definition) is 1. The Morgan fingerprint density at radius 2 is 1.85 bits per heavy atom. The molecule has 66 valence electrons. The third kappa shape index (κ3) is 1.45. The highest BCUT2D eigenvalue weighted by Gasteiger charge is 2.04. The van der Waals surface area contributed by atoms with Gasteiger partial charge >= 0.3 is 0 Å². The SMILES string of the molecule is Cc1ccccc1-c1cscc1N. The standard InChI is InChI=1S/C11H11NS/c1-8-4-2-3-5-9(8)10-6-13-7-11(10)12/h2-7H,12H2,1H3. The molecule has 0 saturated heterocycles. The van der Waals surface area contributed by atoms with E-state index in [-0.39, 0.29) is 0 Å². The Morgan fingerprint density at radius 1 is 1.08 bits per heavy atom. The molecule has 1 heterocycles. The van der Waals surface area contributed by atoms with Gasteiger partial charge < -0.3 is 5.73 Å². The molecule has 0 unspecified atom stereocenters. The van der Waals surface area contributed by atoms with Crippen molar-refractivity contribution in [1.82, 2.24) is 0 Å². The van der Waals surface area contributed by atoms with E-state index in [1.54, 1.807) is 11.3 Å². The lowest BCUT2D eigenvalue weighted by atomic mass is 10.0. The largest absolute Gasteiger partial charge is 0.398 e. The van der Waals surface area contributed by atoms with E-state index in [0.29, 0.717) is 0 Å². The molecule has 0 aliphatic heterocycles. The normalized spacial score (nSPS) is 10.2. The maximum Gasteiger partial charge on any atom is 0.0502 e. The number of benzene rings is 1. The molecule has 0 atom stereocenters. The van der Waals surface area contributed by atoms with Crippen molar-refractivity contribution >= 4 is 17.0 Å². The fourth-order valence-corrected chi connectivity index (χ4v) is 2.14. The maximum atomic E-state index is 5.85. The molecule has 1 aromatic heterocycles. The van der Waals surface area contributed by atoms with Crippen molar-refractivity contribution in [3.63, 3.8) is 0 Å². The number of hydrogen-bond acceptors (Lipinski definition) is 2. The van der Waals surface area contributed by atoms with Crippen molar-refractivity contribution in [3.8, 4) is 11.1 Å². The van der Waals surface area contributed by atoms with Gasteiger partial charge in [0.15, 0.2) is 0 Å². The van der Waals surface area contributed by atoms with Gasteiger partial charge in [-0.3, -0.25) is 0 Å². The molecule has 2 rings (SSSR count). The highest BCUT2D eigenvalue weighted by molar-refractivity contribution is 7.08. The van der Waals surface area contributed by atoms with Crippen LogP contribution in [0.5, 0.6) is 0 Å². The van der Waals surface area contributed by atoms with Gasteiger partial charge in [0.05, 0.1) is 5.69 Å². The number of thiophene rings is 1. The molecule has 0 aliphatic carbocycles. The topological polar surface area (TPSA) is 26.0 Å². The van der Waals surface area contributed by atoms with E-state index < -0.39 is 0 Å². The summed E-state index contributed by atoms with van der Waals surface area (Å²) in [6.07, 6.45) is 0. The molecule has 1 aromatic carbocycles. The summed E-state index contributed by atoms with van der Waals surface area (Å²) in [6.45, 7) is 2.10. The Hall–Kier alpha value is -1.28. The summed E-state index contributed by atoms with van der Waals surface area (Å²) in [5.74, 6) is 0. The van der Waals surface area contributed by atoms with Crippen LogP contribution in [-0.4, -0.2) is 0 Å². The predicted octanol–water partition coefficient (Wildman–Crippen LogP) is 3.31. The van der Waals surface area contributed by atoms with E-state index in [2.05, 4.69) is 24.4 Å². The summed E-state index contributed by atoms with van der Waals surface area (Å²) < 4.78 is 0. The second-order valence-electron chi connectivity index (χ2n) is 3.06. The number of nitrogen functional groups attached to an aromatic ring is 1. The molecule has 2 heteroatoms. The molecule has 2 N–H and O–H groups in total. The summed E-state index contributed by atoms with van der Waals surface area (Å²) in [6, 6.07) is 8.29. The second kappa shape index (κ2) is 3.23. The lowest BCUT2D eigenvalue weighted by Gasteiger charge is -2.03. The van der Waals surface area contributed by atoms with Gasteiger partial charge in [-0.2, -0.15) is 0 Å². The summed E-state index contributed by atoms with van der Waals surface area (Å²) >= 11 is 1.64. The molecule has 0 amide bonds. The van der Waals surface area contributed by atoms with Crippen LogP contribution >= 0.6 is 11.3 Å². The highest BCUT2D eigenvalue weighted by atomic mass is 32.1. The Morgan fingerprint density at radius 3 is 2.46 bits per heavy atom. The van der Waals surface area contributed by atoms with Crippen molar-refractivity contribution in [3.05, 3.63) is 40.6 Å². The average molecular weight is 189 g/mol. The molecule has 0 fully saturated rings. The minimum absolute atomic E-state index is 0.874. The molecule has 1 nitrogen and oxygen atoms in total. The van der Waals surface area contributed by atoms with Crippen molar-refractivity contribution in [2.45, 2.75) is 6.92 Å². The van der Waals surface area contributed by atoms with E-state index in [9.17, 15) is 0 Å². The summed E-state index contributed by atoms with van der Waals surface area (Å²) in [5.41, 5.74) is 10.4. The van der Waals surface area contributed by atoms with Crippen LogP contribution in [0.1, 0.15) is 5.56 Å². The van der Waals surface area contributed by atoms with Crippen LogP contribution in [0.3, 0.4) is 0 Å². The first-order valence-corrected chi connectivity index (χ1v) is 5.11. The van der Waals surface area contributed by atoms with Crippen LogP contribution in [0.25, 0.3) is 11.1 Å². The second-order valence-corrected chi connectivity index (χ2v) is 3.80. The lowest BCUT2D eigenvalue weighted by Crippen LogP contribution is -1.86. The Kier molecular flexibility index (Phi) is 2.07. The van der Waals surface area contributed by atoms with E-state index in [0.717, 1.165) is 11.3 Å². The average Bonchev–Trinajstić information content (AvgIpc) is 2.52. The number of rotatable bonds is 1. The van der Waals surface area contributed by atoms with E-state index in [1.807, 2.05) is 17.5 Å². The summed E-state index contributed by atoms with van der Waals surface area (Å²) in [7, 11) is 0. The first kappa shape index (κ1) is 8.32. The van der Waals surface area contributed by atoms with Crippen LogP contribution < -0.4 is 5.73 Å². The zero-order valence-corrected chi connectivity index (χ0v) is 8.27.